The third-order valence-electron chi connectivity index (χ3n) is 9.59. The Morgan fingerprint density at radius 3 is 1.40 bits per heavy atom. The zero-order valence-corrected chi connectivity index (χ0v) is 27.5. The Bertz CT molecular complexity index is 2530. The molecular formula is C48H34N2. The van der Waals surface area contributed by atoms with Gasteiger partial charge in [-0.1, -0.05) is 146 Å². The number of hydrogen-bond donors (Lipinski definition) is 0. The molecule has 9 aromatic rings. The SMILES string of the molecule is c1ccc(N(c2ccccc2)c2cc(N(c3ccccc3)c3ccc(-c4cccc5ccccc45)cc3)c3ccc4ccccc4c3c2)cc1. The molecule has 9 rings (SSSR count). The molecule has 0 heterocycles. The fraction of sp³-hybridized carbons (Fsp3) is 0. The maximum absolute atomic E-state index is 2.40. The van der Waals surface area contributed by atoms with Crippen molar-refractivity contribution in [2.75, 3.05) is 9.80 Å². The minimum atomic E-state index is 1.09. The van der Waals surface area contributed by atoms with E-state index in [2.05, 4.69) is 216 Å². The number of hydrogen-bond acceptors (Lipinski definition) is 2. The molecule has 0 fully saturated rings. The zero-order chi connectivity index (χ0) is 33.3. The van der Waals surface area contributed by atoms with E-state index < -0.39 is 0 Å². The summed E-state index contributed by atoms with van der Waals surface area (Å²) < 4.78 is 0. The Kier molecular flexibility index (Phi) is 7.53. The fourth-order valence-electron chi connectivity index (χ4n) is 7.27. The van der Waals surface area contributed by atoms with Crippen molar-refractivity contribution in [3.05, 3.63) is 206 Å². The lowest BCUT2D eigenvalue weighted by molar-refractivity contribution is 1.26. The highest BCUT2D eigenvalue weighted by molar-refractivity contribution is 6.14. The van der Waals surface area contributed by atoms with Crippen molar-refractivity contribution >= 4 is 66.4 Å². The van der Waals surface area contributed by atoms with Gasteiger partial charge in [-0.2, -0.15) is 0 Å². The molecule has 0 aliphatic heterocycles. The van der Waals surface area contributed by atoms with Crippen LogP contribution in [0.2, 0.25) is 0 Å². The van der Waals surface area contributed by atoms with E-state index in [0.29, 0.717) is 0 Å². The highest BCUT2D eigenvalue weighted by Gasteiger charge is 2.21. The van der Waals surface area contributed by atoms with E-state index in [1.807, 2.05) is 0 Å². The first-order chi connectivity index (χ1) is 24.8. The summed E-state index contributed by atoms with van der Waals surface area (Å²) >= 11 is 0. The first-order valence-electron chi connectivity index (χ1n) is 17.1. The Morgan fingerprint density at radius 2 is 0.760 bits per heavy atom. The van der Waals surface area contributed by atoms with E-state index in [1.165, 1.54) is 43.4 Å². The number of nitrogens with zero attached hydrogens (tertiary/aromatic N) is 2. The molecule has 0 unspecified atom stereocenters. The summed E-state index contributed by atoms with van der Waals surface area (Å²) in [5.41, 5.74) is 9.05. The van der Waals surface area contributed by atoms with Crippen LogP contribution in [0.3, 0.4) is 0 Å². The number of fused-ring (bicyclic) bond motifs is 4. The van der Waals surface area contributed by atoms with E-state index in [0.717, 1.165) is 34.1 Å². The molecule has 0 bridgehead atoms. The maximum Gasteiger partial charge on any atom is 0.0561 e. The monoisotopic (exact) mass is 638 g/mol. The van der Waals surface area contributed by atoms with Crippen molar-refractivity contribution in [3.8, 4) is 11.1 Å². The smallest absolute Gasteiger partial charge is 0.0561 e. The average Bonchev–Trinajstić information content (AvgIpc) is 3.19. The Morgan fingerprint density at radius 1 is 0.260 bits per heavy atom. The summed E-state index contributed by atoms with van der Waals surface area (Å²) in [6.07, 6.45) is 0. The normalized spacial score (nSPS) is 11.2. The second-order valence-corrected chi connectivity index (χ2v) is 12.6. The lowest BCUT2D eigenvalue weighted by Gasteiger charge is -2.31. The second-order valence-electron chi connectivity index (χ2n) is 12.6. The quantitative estimate of drug-likeness (QED) is 0.160. The van der Waals surface area contributed by atoms with Crippen LogP contribution in [0.1, 0.15) is 0 Å². The molecule has 0 saturated carbocycles. The van der Waals surface area contributed by atoms with Crippen molar-refractivity contribution < 1.29 is 0 Å². The molecule has 0 amide bonds. The van der Waals surface area contributed by atoms with Crippen LogP contribution < -0.4 is 9.80 Å². The van der Waals surface area contributed by atoms with Gasteiger partial charge in [-0.05, 0) is 98.7 Å². The first kappa shape index (κ1) is 29.5. The summed E-state index contributed by atoms with van der Waals surface area (Å²) in [7, 11) is 0. The molecule has 0 saturated heterocycles. The van der Waals surface area contributed by atoms with Gasteiger partial charge < -0.3 is 9.80 Å². The molecule has 0 aromatic heterocycles. The van der Waals surface area contributed by atoms with E-state index in [9.17, 15) is 0 Å². The zero-order valence-electron chi connectivity index (χ0n) is 27.5. The van der Waals surface area contributed by atoms with Crippen LogP contribution in [-0.2, 0) is 0 Å². The van der Waals surface area contributed by atoms with Gasteiger partial charge in [0.25, 0.3) is 0 Å². The molecule has 0 aliphatic rings. The highest BCUT2D eigenvalue weighted by atomic mass is 15.2. The molecule has 0 spiro atoms. The first-order valence-corrected chi connectivity index (χ1v) is 17.1. The third-order valence-corrected chi connectivity index (χ3v) is 9.59. The van der Waals surface area contributed by atoms with Crippen molar-refractivity contribution in [2.45, 2.75) is 0 Å². The molecule has 2 heteroatoms. The molecule has 0 radical (unpaired) electrons. The van der Waals surface area contributed by atoms with Crippen LogP contribution in [0.25, 0.3) is 43.4 Å². The summed E-state index contributed by atoms with van der Waals surface area (Å²) in [4.78, 5) is 4.76. The molecular weight excluding hydrogens is 605 g/mol. The minimum Gasteiger partial charge on any atom is -0.310 e. The van der Waals surface area contributed by atoms with Crippen molar-refractivity contribution in [3.63, 3.8) is 0 Å². The Balaban J connectivity index is 1.30. The van der Waals surface area contributed by atoms with Gasteiger partial charge in [0, 0.05) is 33.8 Å². The number of para-hydroxylation sites is 3. The van der Waals surface area contributed by atoms with Gasteiger partial charge in [0.05, 0.1) is 5.69 Å². The average molecular weight is 639 g/mol. The molecule has 50 heavy (non-hydrogen) atoms. The van der Waals surface area contributed by atoms with Gasteiger partial charge >= 0.3 is 0 Å². The molecule has 2 nitrogen and oxygen atoms in total. The van der Waals surface area contributed by atoms with Crippen LogP contribution in [0.4, 0.5) is 34.1 Å². The standard InChI is InChI=1S/C48H34N2/c1-4-18-38(19-5-1)49(39-20-6-2-7-21-39)42-33-47-45-25-13-11-16-36(45)29-32-46(47)48(34-42)50(40-22-8-3-9-23-40)41-30-27-37(28-31-41)44-26-14-17-35-15-10-12-24-43(35)44/h1-34H. The van der Waals surface area contributed by atoms with Gasteiger partial charge in [-0.25, -0.2) is 0 Å². The van der Waals surface area contributed by atoms with Crippen molar-refractivity contribution in [1.82, 2.24) is 0 Å². The lowest BCUT2D eigenvalue weighted by Crippen LogP contribution is -2.13. The van der Waals surface area contributed by atoms with Crippen molar-refractivity contribution in [2.24, 2.45) is 0 Å². The Hall–Kier alpha value is -6.64. The van der Waals surface area contributed by atoms with E-state index in [1.54, 1.807) is 0 Å². The van der Waals surface area contributed by atoms with Gasteiger partial charge in [-0.3, -0.25) is 0 Å². The van der Waals surface area contributed by atoms with Gasteiger partial charge in [0.15, 0.2) is 0 Å². The minimum absolute atomic E-state index is 1.09. The summed E-state index contributed by atoms with van der Waals surface area (Å²) in [5, 5.41) is 7.36. The molecule has 9 aromatic carbocycles. The molecule has 0 N–H and O–H groups in total. The maximum atomic E-state index is 2.40. The van der Waals surface area contributed by atoms with Crippen LogP contribution >= 0.6 is 0 Å². The summed E-state index contributed by atoms with van der Waals surface area (Å²) in [6, 6.07) is 74.2. The topological polar surface area (TPSA) is 6.48 Å². The number of anilines is 6. The van der Waals surface area contributed by atoms with Gasteiger partial charge in [0.1, 0.15) is 0 Å². The van der Waals surface area contributed by atoms with Gasteiger partial charge in [-0.15, -0.1) is 0 Å². The Labute approximate surface area is 292 Å². The molecule has 0 atom stereocenters. The summed E-state index contributed by atoms with van der Waals surface area (Å²) in [6.45, 7) is 0. The van der Waals surface area contributed by atoms with Crippen LogP contribution in [0.5, 0.6) is 0 Å². The van der Waals surface area contributed by atoms with Crippen LogP contribution in [0, 0.1) is 0 Å². The predicted octanol–water partition coefficient (Wildman–Crippen LogP) is 13.8. The van der Waals surface area contributed by atoms with E-state index in [-0.39, 0.29) is 0 Å². The number of rotatable bonds is 7. The highest BCUT2D eigenvalue weighted by Crippen LogP contribution is 2.46. The molecule has 236 valence electrons. The van der Waals surface area contributed by atoms with Crippen molar-refractivity contribution in [1.29, 1.82) is 0 Å². The van der Waals surface area contributed by atoms with Crippen LogP contribution in [-0.4, -0.2) is 0 Å². The fourth-order valence-corrected chi connectivity index (χ4v) is 7.27. The van der Waals surface area contributed by atoms with Gasteiger partial charge in [0.2, 0.25) is 0 Å². The van der Waals surface area contributed by atoms with E-state index >= 15 is 0 Å². The largest absolute Gasteiger partial charge is 0.310 e. The lowest BCUT2D eigenvalue weighted by atomic mass is 9.97. The molecule has 0 aliphatic carbocycles. The second kappa shape index (κ2) is 12.8. The third kappa shape index (κ3) is 5.34. The van der Waals surface area contributed by atoms with E-state index in [4.69, 9.17) is 0 Å². The predicted molar refractivity (Wildman–Crippen MR) is 214 cm³/mol. The number of benzene rings is 9. The summed E-state index contributed by atoms with van der Waals surface area (Å²) in [5.74, 6) is 0. The van der Waals surface area contributed by atoms with Crippen LogP contribution in [0.15, 0.2) is 206 Å².